The fourth-order valence-electron chi connectivity index (χ4n) is 3.03. The minimum Gasteiger partial charge on any atom is -0.300 e. The van der Waals surface area contributed by atoms with E-state index in [1.807, 2.05) is 0 Å². The van der Waals surface area contributed by atoms with Gasteiger partial charge in [-0.3, -0.25) is 0 Å². The van der Waals surface area contributed by atoms with E-state index < -0.39 is 0 Å². The molecule has 0 radical (unpaired) electrons. The summed E-state index contributed by atoms with van der Waals surface area (Å²) in [6.07, 6.45) is 4.40. The van der Waals surface area contributed by atoms with Crippen LogP contribution in [-0.2, 0) is 0 Å². The number of fused-ring (bicyclic) bond motifs is 2. The molecule has 0 saturated carbocycles. The van der Waals surface area contributed by atoms with E-state index in [4.69, 9.17) is 0 Å². The Labute approximate surface area is 69.8 Å². The third kappa shape index (κ3) is 1.01. The van der Waals surface area contributed by atoms with Crippen molar-refractivity contribution >= 4 is 0 Å². The quantitative estimate of drug-likeness (QED) is 0.558. The largest absolute Gasteiger partial charge is 0.300 e. The van der Waals surface area contributed by atoms with Crippen LogP contribution >= 0.6 is 0 Å². The maximum atomic E-state index is 2.62. The fraction of sp³-hybridized carbons (Fsp3) is 1.00. The first-order valence-electron chi connectivity index (χ1n) is 4.92. The first-order chi connectivity index (χ1) is 5.20. The zero-order valence-corrected chi connectivity index (χ0v) is 7.88. The molecular formula is C10H19N. The molecule has 2 aliphatic rings. The van der Waals surface area contributed by atoms with Gasteiger partial charge in [0.1, 0.15) is 0 Å². The summed E-state index contributed by atoms with van der Waals surface area (Å²) < 4.78 is 0. The SMILES string of the molecule is CC(C)[C@H]1C[C@H]2CC[C@@H]1N2C. The molecular weight excluding hydrogens is 134 g/mol. The minimum absolute atomic E-state index is 0.896. The highest BCUT2D eigenvalue weighted by Crippen LogP contribution is 2.43. The van der Waals surface area contributed by atoms with E-state index >= 15 is 0 Å². The van der Waals surface area contributed by atoms with Crippen LogP contribution in [0.5, 0.6) is 0 Å². The second kappa shape index (κ2) is 2.48. The van der Waals surface area contributed by atoms with Crippen molar-refractivity contribution < 1.29 is 0 Å². The van der Waals surface area contributed by atoms with Gasteiger partial charge in [-0.25, -0.2) is 0 Å². The third-order valence-corrected chi connectivity index (χ3v) is 3.79. The lowest BCUT2D eigenvalue weighted by Gasteiger charge is -2.24. The van der Waals surface area contributed by atoms with Crippen molar-refractivity contribution in [2.24, 2.45) is 11.8 Å². The smallest absolute Gasteiger partial charge is 0.0127 e. The van der Waals surface area contributed by atoms with Crippen LogP contribution in [0.25, 0.3) is 0 Å². The molecule has 1 nitrogen and oxygen atoms in total. The Bertz CT molecular complexity index is 153. The van der Waals surface area contributed by atoms with E-state index in [9.17, 15) is 0 Å². The Morgan fingerprint density at radius 1 is 1.27 bits per heavy atom. The van der Waals surface area contributed by atoms with Crippen LogP contribution in [0.3, 0.4) is 0 Å². The van der Waals surface area contributed by atoms with Crippen molar-refractivity contribution in [2.45, 2.75) is 45.2 Å². The van der Waals surface area contributed by atoms with Gasteiger partial charge in [-0.15, -0.1) is 0 Å². The van der Waals surface area contributed by atoms with Crippen LogP contribution in [-0.4, -0.2) is 24.0 Å². The molecule has 2 bridgehead atoms. The number of nitrogens with zero attached hydrogens (tertiary/aromatic N) is 1. The Kier molecular flexibility index (Phi) is 1.71. The number of rotatable bonds is 1. The highest BCUT2D eigenvalue weighted by molar-refractivity contribution is 4.99. The van der Waals surface area contributed by atoms with E-state index in [0.29, 0.717) is 0 Å². The van der Waals surface area contributed by atoms with Crippen molar-refractivity contribution in [2.75, 3.05) is 7.05 Å². The van der Waals surface area contributed by atoms with Crippen molar-refractivity contribution in [1.29, 1.82) is 0 Å². The predicted molar refractivity (Wildman–Crippen MR) is 47.5 cm³/mol. The molecule has 0 spiro atoms. The van der Waals surface area contributed by atoms with Gasteiger partial charge in [-0.2, -0.15) is 0 Å². The Morgan fingerprint density at radius 2 is 2.00 bits per heavy atom. The lowest BCUT2D eigenvalue weighted by atomic mass is 9.82. The molecule has 3 atom stereocenters. The average molecular weight is 153 g/mol. The van der Waals surface area contributed by atoms with Gasteiger partial charge >= 0.3 is 0 Å². The normalized spacial score (nSPS) is 44.2. The number of hydrogen-bond donors (Lipinski definition) is 0. The van der Waals surface area contributed by atoms with E-state index in [1.165, 1.54) is 19.3 Å². The monoisotopic (exact) mass is 153 g/mol. The molecule has 2 rings (SSSR count). The Morgan fingerprint density at radius 3 is 2.27 bits per heavy atom. The molecule has 2 aliphatic heterocycles. The van der Waals surface area contributed by atoms with Gasteiger partial charge in [0.05, 0.1) is 0 Å². The van der Waals surface area contributed by atoms with Gasteiger partial charge in [0.2, 0.25) is 0 Å². The van der Waals surface area contributed by atoms with Gasteiger partial charge in [0.15, 0.2) is 0 Å². The van der Waals surface area contributed by atoms with Crippen LogP contribution in [0.2, 0.25) is 0 Å². The first-order valence-corrected chi connectivity index (χ1v) is 4.92. The highest BCUT2D eigenvalue weighted by Gasteiger charge is 2.44. The van der Waals surface area contributed by atoms with Gasteiger partial charge in [0, 0.05) is 12.1 Å². The molecule has 1 heteroatoms. The molecule has 2 heterocycles. The van der Waals surface area contributed by atoms with Crippen molar-refractivity contribution in [3.63, 3.8) is 0 Å². The topological polar surface area (TPSA) is 3.24 Å². The van der Waals surface area contributed by atoms with Gasteiger partial charge < -0.3 is 4.90 Å². The lowest BCUT2D eigenvalue weighted by molar-refractivity contribution is 0.254. The molecule has 0 unspecified atom stereocenters. The summed E-state index contributed by atoms with van der Waals surface area (Å²) in [4.78, 5) is 2.62. The zero-order chi connectivity index (χ0) is 8.01. The molecule has 64 valence electrons. The predicted octanol–water partition coefficient (Wildman–Crippen LogP) is 2.13. The summed E-state index contributed by atoms with van der Waals surface area (Å²) in [6.45, 7) is 4.75. The van der Waals surface area contributed by atoms with Gasteiger partial charge in [0.25, 0.3) is 0 Å². The first kappa shape index (κ1) is 7.60. The molecule has 0 aromatic heterocycles. The van der Waals surface area contributed by atoms with E-state index in [1.54, 1.807) is 0 Å². The average Bonchev–Trinajstić information content (AvgIpc) is 2.46. The van der Waals surface area contributed by atoms with Crippen molar-refractivity contribution in [3.8, 4) is 0 Å². The van der Waals surface area contributed by atoms with Crippen LogP contribution in [0.1, 0.15) is 33.1 Å². The van der Waals surface area contributed by atoms with Gasteiger partial charge in [-0.1, -0.05) is 13.8 Å². The second-order valence-corrected chi connectivity index (χ2v) is 4.61. The maximum absolute atomic E-state index is 2.62. The third-order valence-electron chi connectivity index (χ3n) is 3.79. The lowest BCUT2D eigenvalue weighted by Crippen LogP contribution is -2.28. The van der Waals surface area contributed by atoms with E-state index in [-0.39, 0.29) is 0 Å². The van der Waals surface area contributed by atoms with Crippen LogP contribution in [0, 0.1) is 11.8 Å². The second-order valence-electron chi connectivity index (χ2n) is 4.61. The standard InChI is InChI=1S/C10H19N/c1-7(2)9-6-8-4-5-10(9)11(8)3/h7-10H,4-6H2,1-3H3/t8-,9-,10+/m1/s1. The molecule has 2 saturated heterocycles. The maximum Gasteiger partial charge on any atom is 0.0127 e. The molecule has 0 aromatic rings. The summed E-state index contributed by atoms with van der Waals surface area (Å²) in [7, 11) is 2.31. The van der Waals surface area contributed by atoms with Crippen LogP contribution in [0.4, 0.5) is 0 Å². The fourth-order valence-corrected chi connectivity index (χ4v) is 3.03. The van der Waals surface area contributed by atoms with Crippen LogP contribution in [0.15, 0.2) is 0 Å². The summed E-state index contributed by atoms with van der Waals surface area (Å²) in [5, 5.41) is 0. The highest BCUT2D eigenvalue weighted by atomic mass is 15.2. The summed E-state index contributed by atoms with van der Waals surface area (Å²) >= 11 is 0. The van der Waals surface area contributed by atoms with Crippen molar-refractivity contribution in [1.82, 2.24) is 4.90 Å². The van der Waals surface area contributed by atoms with Crippen LogP contribution < -0.4 is 0 Å². The van der Waals surface area contributed by atoms with Crippen molar-refractivity contribution in [3.05, 3.63) is 0 Å². The molecule has 0 aromatic carbocycles. The summed E-state index contributed by atoms with van der Waals surface area (Å²) in [5.41, 5.74) is 0. The number of hydrogen-bond acceptors (Lipinski definition) is 1. The van der Waals surface area contributed by atoms with E-state index in [0.717, 1.165) is 23.9 Å². The Balaban J connectivity index is 2.09. The summed E-state index contributed by atoms with van der Waals surface area (Å²) in [6, 6.07) is 1.87. The molecule has 0 N–H and O–H groups in total. The summed E-state index contributed by atoms with van der Waals surface area (Å²) in [5.74, 6) is 1.89. The molecule has 11 heavy (non-hydrogen) atoms. The molecule has 0 amide bonds. The molecule has 0 aliphatic carbocycles. The molecule has 2 fully saturated rings. The zero-order valence-electron chi connectivity index (χ0n) is 7.88. The van der Waals surface area contributed by atoms with E-state index in [2.05, 4.69) is 25.8 Å². The van der Waals surface area contributed by atoms with Gasteiger partial charge in [-0.05, 0) is 38.1 Å². The minimum atomic E-state index is 0.896. The Hall–Kier alpha value is -0.0400.